The zero-order valence-electron chi connectivity index (χ0n) is 14.1. The van der Waals surface area contributed by atoms with Crippen molar-refractivity contribution >= 4 is 23.6 Å². The lowest BCUT2D eigenvalue weighted by Gasteiger charge is -2.32. The summed E-state index contributed by atoms with van der Waals surface area (Å²) < 4.78 is 19.7. The van der Waals surface area contributed by atoms with Crippen LogP contribution in [0.1, 0.15) is 34.6 Å². The molecule has 0 amide bonds. The summed E-state index contributed by atoms with van der Waals surface area (Å²) in [7, 11) is 1.58. The first-order chi connectivity index (χ1) is 10.2. The van der Waals surface area contributed by atoms with Crippen LogP contribution in [0.5, 0.6) is 6.01 Å². The molecule has 0 atom stereocenters. The second-order valence-corrected chi connectivity index (χ2v) is 6.72. The van der Waals surface area contributed by atoms with Gasteiger partial charge in [0.2, 0.25) is 0 Å². The summed E-state index contributed by atoms with van der Waals surface area (Å²) >= 11 is 0. The lowest BCUT2D eigenvalue weighted by molar-refractivity contribution is 0.00578. The SMILES string of the molecule is CCOc1nc2cc(B3OC(C)(C)C(C)(C)O3)ccc2n1C. The number of hydrogen-bond donors (Lipinski definition) is 0. The average Bonchev–Trinajstić information content (AvgIpc) is 2.85. The van der Waals surface area contributed by atoms with Crippen LogP contribution in [0.25, 0.3) is 11.0 Å². The molecule has 2 heterocycles. The summed E-state index contributed by atoms with van der Waals surface area (Å²) in [5.41, 5.74) is 2.22. The summed E-state index contributed by atoms with van der Waals surface area (Å²) in [6, 6.07) is 6.70. The van der Waals surface area contributed by atoms with Crippen molar-refractivity contribution in [3.8, 4) is 6.01 Å². The fourth-order valence-corrected chi connectivity index (χ4v) is 2.58. The molecule has 0 unspecified atom stereocenters. The maximum absolute atomic E-state index is 6.10. The fraction of sp³-hybridized carbons (Fsp3) is 0.562. The maximum Gasteiger partial charge on any atom is 0.494 e. The van der Waals surface area contributed by atoms with E-state index < -0.39 is 0 Å². The predicted octanol–water partition coefficient (Wildman–Crippen LogP) is 2.27. The van der Waals surface area contributed by atoms with Crippen molar-refractivity contribution in [2.75, 3.05) is 6.61 Å². The number of ether oxygens (including phenoxy) is 1. The normalized spacial score (nSPS) is 19.8. The molecule has 1 aliphatic rings. The first-order valence-corrected chi connectivity index (χ1v) is 7.70. The van der Waals surface area contributed by atoms with Gasteiger partial charge in [0.25, 0.3) is 6.01 Å². The van der Waals surface area contributed by atoms with Crippen LogP contribution in [0.15, 0.2) is 18.2 Å². The number of rotatable bonds is 3. The first-order valence-electron chi connectivity index (χ1n) is 7.70. The van der Waals surface area contributed by atoms with Gasteiger partial charge in [0.15, 0.2) is 0 Å². The Morgan fingerprint density at radius 3 is 2.41 bits per heavy atom. The Kier molecular flexibility index (Phi) is 3.49. The van der Waals surface area contributed by atoms with Crippen LogP contribution in [0.4, 0.5) is 0 Å². The Labute approximate surface area is 131 Å². The molecule has 1 fully saturated rings. The molecule has 1 saturated heterocycles. The van der Waals surface area contributed by atoms with Gasteiger partial charge in [0.1, 0.15) is 0 Å². The van der Waals surface area contributed by atoms with E-state index in [9.17, 15) is 0 Å². The van der Waals surface area contributed by atoms with Crippen LogP contribution < -0.4 is 10.2 Å². The Hall–Kier alpha value is -1.53. The third kappa shape index (κ3) is 2.30. The average molecular weight is 302 g/mol. The molecule has 5 nitrogen and oxygen atoms in total. The summed E-state index contributed by atoms with van der Waals surface area (Å²) in [6.07, 6.45) is 0. The van der Waals surface area contributed by atoms with Crippen LogP contribution in [-0.4, -0.2) is 34.5 Å². The van der Waals surface area contributed by atoms with E-state index in [0.717, 1.165) is 16.5 Å². The zero-order chi connectivity index (χ0) is 16.1. The molecule has 6 heteroatoms. The van der Waals surface area contributed by atoms with Crippen molar-refractivity contribution in [3.63, 3.8) is 0 Å². The molecule has 0 N–H and O–H groups in total. The minimum Gasteiger partial charge on any atom is -0.465 e. The van der Waals surface area contributed by atoms with Crippen LogP contribution in [0.2, 0.25) is 0 Å². The van der Waals surface area contributed by atoms with E-state index in [2.05, 4.69) is 32.7 Å². The van der Waals surface area contributed by atoms with Crippen LogP contribution in [-0.2, 0) is 16.4 Å². The van der Waals surface area contributed by atoms with E-state index in [-0.39, 0.29) is 18.3 Å². The van der Waals surface area contributed by atoms with Gasteiger partial charge in [-0.15, -0.1) is 0 Å². The van der Waals surface area contributed by atoms with Crippen molar-refractivity contribution in [1.29, 1.82) is 0 Å². The van der Waals surface area contributed by atoms with Gasteiger partial charge in [-0.2, -0.15) is 4.98 Å². The van der Waals surface area contributed by atoms with E-state index >= 15 is 0 Å². The topological polar surface area (TPSA) is 45.5 Å². The van der Waals surface area contributed by atoms with Gasteiger partial charge < -0.3 is 14.0 Å². The zero-order valence-corrected chi connectivity index (χ0v) is 14.1. The molecule has 0 bridgehead atoms. The Bertz CT molecular complexity index is 693. The summed E-state index contributed by atoms with van der Waals surface area (Å²) in [5, 5.41) is 0. The highest BCUT2D eigenvalue weighted by Crippen LogP contribution is 2.36. The molecule has 22 heavy (non-hydrogen) atoms. The predicted molar refractivity (Wildman–Crippen MR) is 87.6 cm³/mol. The monoisotopic (exact) mass is 302 g/mol. The lowest BCUT2D eigenvalue weighted by Crippen LogP contribution is -2.41. The van der Waals surface area contributed by atoms with Crippen molar-refractivity contribution in [3.05, 3.63) is 18.2 Å². The van der Waals surface area contributed by atoms with E-state index in [1.807, 2.05) is 36.7 Å². The van der Waals surface area contributed by atoms with Crippen LogP contribution in [0.3, 0.4) is 0 Å². The van der Waals surface area contributed by atoms with E-state index in [0.29, 0.717) is 12.6 Å². The molecule has 1 aromatic heterocycles. The molecule has 0 saturated carbocycles. The molecule has 118 valence electrons. The van der Waals surface area contributed by atoms with Crippen LogP contribution in [0, 0.1) is 0 Å². The molecule has 3 rings (SSSR count). The highest BCUT2D eigenvalue weighted by Gasteiger charge is 2.51. The third-order valence-corrected chi connectivity index (χ3v) is 4.66. The summed E-state index contributed by atoms with van der Waals surface area (Å²) in [6.45, 7) is 10.8. The molecule has 1 aromatic carbocycles. The van der Waals surface area contributed by atoms with Gasteiger partial charge in [-0.25, -0.2) is 0 Å². The van der Waals surface area contributed by atoms with E-state index in [4.69, 9.17) is 14.0 Å². The number of hydrogen-bond acceptors (Lipinski definition) is 4. The Morgan fingerprint density at radius 1 is 1.18 bits per heavy atom. The quantitative estimate of drug-likeness (QED) is 0.816. The van der Waals surface area contributed by atoms with Crippen molar-refractivity contribution in [2.24, 2.45) is 7.05 Å². The fourth-order valence-electron chi connectivity index (χ4n) is 2.58. The molecule has 1 aliphatic heterocycles. The highest BCUT2D eigenvalue weighted by molar-refractivity contribution is 6.62. The number of benzene rings is 1. The second kappa shape index (κ2) is 5.00. The number of aromatic nitrogens is 2. The van der Waals surface area contributed by atoms with Gasteiger partial charge in [-0.3, -0.25) is 4.57 Å². The number of aryl methyl sites for hydroxylation is 1. The van der Waals surface area contributed by atoms with Gasteiger partial charge in [-0.1, -0.05) is 6.07 Å². The van der Waals surface area contributed by atoms with Gasteiger partial charge in [-0.05, 0) is 52.2 Å². The minimum absolute atomic E-state index is 0.340. The van der Waals surface area contributed by atoms with Gasteiger partial charge in [0, 0.05) is 7.05 Å². The van der Waals surface area contributed by atoms with Crippen molar-refractivity contribution < 1.29 is 14.0 Å². The molecule has 0 radical (unpaired) electrons. The largest absolute Gasteiger partial charge is 0.494 e. The Balaban J connectivity index is 1.96. The maximum atomic E-state index is 6.10. The standard InChI is InChI=1S/C16H23BN2O3/c1-7-20-14-18-12-10-11(8-9-13(12)19(14)6)17-21-15(2,3)16(4,5)22-17/h8-10H,7H2,1-6H3. The minimum atomic E-state index is -0.369. The number of nitrogens with zero attached hydrogens (tertiary/aromatic N) is 2. The van der Waals surface area contributed by atoms with E-state index in [1.165, 1.54) is 0 Å². The number of imidazole rings is 1. The highest BCUT2D eigenvalue weighted by atomic mass is 16.7. The summed E-state index contributed by atoms with van der Waals surface area (Å²) in [4.78, 5) is 4.54. The lowest BCUT2D eigenvalue weighted by atomic mass is 9.79. The van der Waals surface area contributed by atoms with Gasteiger partial charge >= 0.3 is 7.12 Å². The number of fused-ring (bicyclic) bond motifs is 1. The third-order valence-electron chi connectivity index (χ3n) is 4.66. The molecular weight excluding hydrogens is 279 g/mol. The molecule has 0 spiro atoms. The molecule has 0 aliphatic carbocycles. The molecule has 2 aromatic rings. The van der Waals surface area contributed by atoms with Crippen molar-refractivity contribution in [2.45, 2.75) is 45.8 Å². The second-order valence-electron chi connectivity index (χ2n) is 6.72. The van der Waals surface area contributed by atoms with Crippen LogP contribution >= 0.6 is 0 Å². The molecular formula is C16H23BN2O3. The smallest absolute Gasteiger partial charge is 0.465 e. The first kappa shape index (κ1) is 15.4. The summed E-state index contributed by atoms with van der Waals surface area (Å²) in [5.74, 6) is 0. The van der Waals surface area contributed by atoms with Gasteiger partial charge in [0.05, 0.1) is 28.8 Å². The van der Waals surface area contributed by atoms with E-state index in [1.54, 1.807) is 0 Å². The Morgan fingerprint density at radius 2 is 1.82 bits per heavy atom. The van der Waals surface area contributed by atoms with Crippen molar-refractivity contribution in [1.82, 2.24) is 9.55 Å².